The number of ether oxygens (including phenoxy) is 1. The van der Waals surface area contributed by atoms with Gasteiger partial charge in [0.2, 0.25) is 10.0 Å². The maximum atomic E-state index is 13.4. The maximum absolute atomic E-state index is 13.4. The minimum absolute atomic E-state index is 0.0515. The van der Waals surface area contributed by atoms with Crippen LogP contribution in [0.15, 0.2) is 64.9 Å². The summed E-state index contributed by atoms with van der Waals surface area (Å²) < 4.78 is 31.6. The van der Waals surface area contributed by atoms with E-state index >= 15 is 0 Å². The Morgan fingerprint density at radius 3 is 2.64 bits per heavy atom. The van der Waals surface area contributed by atoms with Gasteiger partial charge in [0.25, 0.3) is 5.91 Å². The second-order valence-corrected chi connectivity index (χ2v) is 12.5. The van der Waals surface area contributed by atoms with Gasteiger partial charge in [-0.05, 0) is 72.2 Å². The smallest absolute Gasteiger partial charge is 0.339 e. The highest BCUT2D eigenvalue weighted by Gasteiger charge is 2.28. The molecule has 1 N–H and O–H groups in total. The number of sulfonamides is 1. The van der Waals surface area contributed by atoms with Gasteiger partial charge in [0, 0.05) is 30.0 Å². The van der Waals surface area contributed by atoms with E-state index in [0.29, 0.717) is 34.1 Å². The van der Waals surface area contributed by atoms with Gasteiger partial charge in [-0.1, -0.05) is 30.3 Å². The summed E-state index contributed by atoms with van der Waals surface area (Å²) in [6, 6.07) is 15.9. The van der Waals surface area contributed by atoms with Crippen LogP contribution < -0.4 is 5.32 Å². The van der Waals surface area contributed by atoms with E-state index < -0.39 is 28.5 Å². The molecule has 200 valence electrons. The second kappa shape index (κ2) is 10.7. The molecular formula is C29H27N3O5S2. The maximum Gasteiger partial charge on any atom is 0.339 e. The Labute approximate surface area is 231 Å². The number of rotatable bonds is 7. The van der Waals surface area contributed by atoms with Gasteiger partial charge in [-0.15, -0.1) is 11.3 Å². The molecule has 0 unspecified atom stereocenters. The molecule has 0 saturated carbocycles. The molecule has 0 saturated heterocycles. The van der Waals surface area contributed by atoms with Crippen molar-refractivity contribution in [2.24, 2.45) is 0 Å². The Balaban J connectivity index is 1.38. The Morgan fingerprint density at radius 2 is 1.90 bits per heavy atom. The molecule has 4 aromatic rings. The Bertz CT molecular complexity index is 1730. The summed E-state index contributed by atoms with van der Waals surface area (Å²) in [6.07, 6.45) is 3.50. The third-order valence-corrected chi connectivity index (χ3v) is 9.23. The lowest BCUT2D eigenvalue weighted by molar-refractivity contribution is -0.119. The number of aryl methyl sites for hydroxylation is 1. The molecule has 1 aliphatic rings. The largest absolute Gasteiger partial charge is 0.452 e. The minimum atomic E-state index is -3.67. The van der Waals surface area contributed by atoms with Gasteiger partial charge < -0.3 is 10.1 Å². The summed E-state index contributed by atoms with van der Waals surface area (Å²) in [4.78, 5) is 32.2. The number of thiophene rings is 1. The Hall–Kier alpha value is -3.86. The number of pyridine rings is 1. The lowest BCUT2D eigenvalue weighted by Crippen LogP contribution is -2.24. The summed E-state index contributed by atoms with van der Waals surface area (Å²) >= 11 is 1.64. The van der Waals surface area contributed by atoms with Crippen LogP contribution in [0, 0.1) is 6.92 Å². The van der Waals surface area contributed by atoms with Crippen LogP contribution >= 0.6 is 11.3 Å². The van der Waals surface area contributed by atoms with E-state index in [9.17, 15) is 18.0 Å². The highest BCUT2D eigenvalue weighted by Crippen LogP contribution is 2.38. The molecule has 0 atom stereocenters. The highest BCUT2D eigenvalue weighted by atomic mass is 32.2. The predicted octanol–water partition coefficient (Wildman–Crippen LogP) is 5.14. The number of esters is 1. The number of hydrogen-bond acceptors (Lipinski definition) is 7. The molecule has 0 spiro atoms. The molecule has 2 heterocycles. The van der Waals surface area contributed by atoms with Crippen LogP contribution in [0.2, 0.25) is 0 Å². The number of anilines is 1. The number of fused-ring (bicyclic) bond motifs is 2. The Morgan fingerprint density at radius 1 is 1.10 bits per heavy atom. The van der Waals surface area contributed by atoms with Crippen molar-refractivity contribution in [2.75, 3.05) is 26.0 Å². The molecule has 10 heteroatoms. The number of para-hydroxylation sites is 1. The van der Waals surface area contributed by atoms with Crippen molar-refractivity contribution in [3.63, 3.8) is 0 Å². The summed E-state index contributed by atoms with van der Waals surface area (Å²) in [7, 11) is -0.799. The molecule has 0 bridgehead atoms. The van der Waals surface area contributed by atoms with Crippen molar-refractivity contribution >= 4 is 61.5 Å². The fourth-order valence-corrected chi connectivity index (χ4v) is 6.16. The first-order valence-corrected chi connectivity index (χ1v) is 14.6. The van der Waals surface area contributed by atoms with Crippen molar-refractivity contribution in [2.45, 2.75) is 24.7 Å². The third-order valence-electron chi connectivity index (χ3n) is 6.60. The first kappa shape index (κ1) is 26.7. The molecule has 8 nitrogen and oxygen atoms in total. The van der Waals surface area contributed by atoms with E-state index in [1.165, 1.54) is 26.2 Å². The van der Waals surface area contributed by atoms with Gasteiger partial charge in [0.15, 0.2) is 6.61 Å². The van der Waals surface area contributed by atoms with Crippen molar-refractivity contribution < 1.29 is 22.7 Å². The van der Waals surface area contributed by atoms with Gasteiger partial charge in [0.1, 0.15) is 0 Å². The zero-order chi connectivity index (χ0) is 27.7. The molecule has 0 fully saturated rings. The predicted molar refractivity (Wildman–Crippen MR) is 153 cm³/mol. The van der Waals surface area contributed by atoms with E-state index in [2.05, 4.69) is 11.4 Å². The van der Waals surface area contributed by atoms with Crippen LogP contribution in [0.25, 0.3) is 22.6 Å². The van der Waals surface area contributed by atoms with Crippen molar-refractivity contribution in [3.8, 4) is 0 Å². The molecule has 2 aromatic heterocycles. The standard InChI is InChI=1S/C29H27N3O5S2/c1-18-10-12-21(39(35,36)32(2)3)16-25(18)30-26(33)17-37-29(34)27-22-8-4-5-9-24(22)31-28-19(11-13-23(27)28)15-20-7-6-14-38-20/h4-10,12,14-16H,11,13,17H2,1-3H3,(H,30,33). The fourth-order valence-electron chi connectivity index (χ4n) is 4.55. The molecule has 39 heavy (non-hydrogen) atoms. The number of carbonyl (C=O) groups is 2. The summed E-state index contributed by atoms with van der Waals surface area (Å²) in [5, 5.41) is 5.36. The molecule has 1 amide bonds. The van der Waals surface area contributed by atoms with Crippen LogP contribution in [-0.2, 0) is 26.0 Å². The van der Waals surface area contributed by atoms with Crippen molar-refractivity contribution in [1.29, 1.82) is 0 Å². The summed E-state index contributed by atoms with van der Waals surface area (Å²) in [5.41, 5.74) is 4.78. The topological polar surface area (TPSA) is 106 Å². The average Bonchev–Trinajstić information content (AvgIpc) is 3.57. The highest BCUT2D eigenvalue weighted by molar-refractivity contribution is 7.89. The van der Waals surface area contributed by atoms with Crippen LogP contribution in [0.5, 0.6) is 0 Å². The fraction of sp³-hybridized carbons (Fsp3) is 0.207. The monoisotopic (exact) mass is 561 g/mol. The number of nitrogens with zero attached hydrogens (tertiary/aromatic N) is 2. The number of nitrogens with one attached hydrogen (secondary N) is 1. The Kier molecular flexibility index (Phi) is 7.35. The van der Waals surface area contributed by atoms with E-state index in [1.54, 1.807) is 24.3 Å². The second-order valence-electron chi connectivity index (χ2n) is 9.40. The number of aromatic nitrogens is 1. The van der Waals surface area contributed by atoms with E-state index in [4.69, 9.17) is 9.72 Å². The first-order chi connectivity index (χ1) is 18.6. The van der Waals surface area contributed by atoms with Gasteiger partial charge in [-0.3, -0.25) is 4.79 Å². The van der Waals surface area contributed by atoms with Crippen LogP contribution in [0.4, 0.5) is 5.69 Å². The molecule has 5 rings (SSSR count). The van der Waals surface area contributed by atoms with Gasteiger partial charge >= 0.3 is 5.97 Å². The molecule has 1 aliphatic carbocycles. The summed E-state index contributed by atoms with van der Waals surface area (Å²) in [5.74, 6) is -1.17. The number of benzene rings is 2. The molecule has 2 aromatic carbocycles. The average molecular weight is 562 g/mol. The van der Waals surface area contributed by atoms with Crippen LogP contribution in [-0.4, -0.2) is 50.3 Å². The number of carbonyl (C=O) groups excluding carboxylic acids is 2. The zero-order valence-electron chi connectivity index (χ0n) is 21.7. The normalized spacial score (nSPS) is 14.1. The quantitative estimate of drug-likeness (QED) is 0.314. The zero-order valence-corrected chi connectivity index (χ0v) is 23.4. The number of allylic oxidation sites excluding steroid dienone is 1. The number of amides is 1. The van der Waals surface area contributed by atoms with E-state index in [0.717, 1.165) is 32.4 Å². The molecular weight excluding hydrogens is 534 g/mol. The van der Waals surface area contributed by atoms with Gasteiger partial charge in [-0.25, -0.2) is 22.5 Å². The number of hydrogen-bond donors (Lipinski definition) is 1. The van der Waals surface area contributed by atoms with Gasteiger partial charge in [0.05, 0.1) is 21.7 Å². The molecule has 0 radical (unpaired) electrons. The third kappa shape index (κ3) is 5.36. The lowest BCUT2D eigenvalue weighted by Gasteiger charge is -2.15. The minimum Gasteiger partial charge on any atom is -0.452 e. The molecule has 0 aliphatic heterocycles. The van der Waals surface area contributed by atoms with Crippen molar-refractivity contribution in [3.05, 3.63) is 87.2 Å². The SMILES string of the molecule is Cc1ccc(S(=O)(=O)N(C)C)cc1NC(=O)COC(=O)c1c2c(nc3ccccc13)C(=Cc1cccs1)CC2. The van der Waals surface area contributed by atoms with Crippen LogP contribution in [0.3, 0.4) is 0 Å². The van der Waals surface area contributed by atoms with E-state index in [-0.39, 0.29) is 4.90 Å². The summed E-state index contributed by atoms with van der Waals surface area (Å²) in [6.45, 7) is 1.23. The van der Waals surface area contributed by atoms with Gasteiger partial charge in [-0.2, -0.15) is 0 Å². The first-order valence-electron chi connectivity index (χ1n) is 12.3. The van der Waals surface area contributed by atoms with Crippen LogP contribution in [0.1, 0.15) is 38.5 Å². The van der Waals surface area contributed by atoms with Crippen molar-refractivity contribution in [1.82, 2.24) is 9.29 Å². The van der Waals surface area contributed by atoms with E-state index in [1.807, 2.05) is 41.8 Å². The lowest BCUT2D eigenvalue weighted by atomic mass is 10.0.